The molecule has 2 amide bonds. The first kappa shape index (κ1) is 42.2. The number of amides is 2. The van der Waals surface area contributed by atoms with E-state index in [1.165, 1.54) is 61.5 Å². The Morgan fingerprint density at radius 3 is 1.57 bits per heavy atom. The minimum Gasteiger partial charge on any atom is -0.486 e. The third-order valence-corrected chi connectivity index (χ3v) is 8.57. The largest absolute Gasteiger partial charge is 0.486 e. The predicted molar refractivity (Wildman–Crippen MR) is 204 cm³/mol. The molecule has 0 unspecified atom stereocenters. The lowest BCUT2D eigenvalue weighted by molar-refractivity contribution is -0.138. The lowest BCUT2D eigenvalue weighted by Crippen LogP contribution is -2.24. The van der Waals surface area contributed by atoms with Crippen LogP contribution in [0, 0.1) is 5.82 Å². The average molecular weight is 803 g/mol. The number of rotatable bonds is 9. The van der Waals surface area contributed by atoms with E-state index in [9.17, 15) is 40.7 Å². The number of nitrogens with one attached hydrogen (secondary N) is 1. The molecule has 0 aromatic heterocycles. The number of ether oxygens (including phenoxy) is 1. The summed E-state index contributed by atoms with van der Waals surface area (Å²) in [7, 11) is 3.03. The second-order valence-electron chi connectivity index (χ2n) is 12.8. The molecule has 0 atom stereocenters. The second kappa shape index (κ2) is 17.9. The lowest BCUT2D eigenvalue weighted by Gasteiger charge is -2.18. The summed E-state index contributed by atoms with van der Waals surface area (Å²) in [6.45, 7) is 0.0690. The Hall–Kier alpha value is -6.96. The SMILES string of the molecule is CN(C)C(=O)c1cc(OCc2ccccc2)c(F)cc1NC(=O)c1ccccc1-c1ccc(C(F)(F)F)cc1.O=C(O)c1ccccc1-c1ccc(C(F)(F)F)cc1. The fourth-order valence-corrected chi connectivity index (χ4v) is 5.64. The highest BCUT2D eigenvalue weighted by molar-refractivity contribution is 6.12. The Morgan fingerprint density at radius 1 is 0.621 bits per heavy atom. The molecule has 6 aromatic rings. The molecule has 6 aromatic carbocycles. The summed E-state index contributed by atoms with van der Waals surface area (Å²) in [5.74, 6) is -3.23. The van der Waals surface area contributed by atoms with Gasteiger partial charge in [-0.05, 0) is 70.3 Å². The van der Waals surface area contributed by atoms with Crippen molar-refractivity contribution in [1.29, 1.82) is 0 Å². The number of hydrogen-bond acceptors (Lipinski definition) is 4. The highest BCUT2D eigenvalue weighted by atomic mass is 19.4. The van der Waals surface area contributed by atoms with Gasteiger partial charge in [0.15, 0.2) is 11.6 Å². The molecule has 0 heterocycles. The maximum atomic E-state index is 15.0. The van der Waals surface area contributed by atoms with Crippen LogP contribution in [0.3, 0.4) is 0 Å². The van der Waals surface area contributed by atoms with Gasteiger partial charge >= 0.3 is 18.3 Å². The van der Waals surface area contributed by atoms with Crippen LogP contribution in [0.1, 0.15) is 47.8 Å². The van der Waals surface area contributed by atoms with Gasteiger partial charge in [-0.15, -0.1) is 0 Å². The van der Waals surface area contributed by atoms with Crippen molar-refractivity contribution in [3.05, 3.63) is 179 Å². The van der Waals surface area contributed by atoms with Gasteiger partial charge in [-0.2, -0.15) is 26.3 Å². The smallest absolute Gasteiger partial charge is 0.416 e. The van der Waals surface area contributed by atoms with E-state index >= 15 is 4.39 Å². The van der Waals surface area contributed by atoms with Crippen LogP contribution >= 0.6 is 0 Å². The topological polar surface area (TPSA) is 95.9 Å². The van der Waals surface area contributed by atoms with Crippen molar-refractivity contribution < 1.29 is 55.0 Å². The molecule has 0 aliphatic carbocycles. The van der Waals surface area contributed by atoms with Crippen molar-refractivity contribution in [1.82, 2.24) is 4.90 Å². The molecule has 0 fully saturated rings. The zero-order chi connectivity index (χ0) is 42.2. The number of anilines is 1. The van der Waals surface area contributed by atoms with Gasteiger partial charge in [-0.3, -0.25) is 9.59 Å². The normalized spacial score (nSPS) is 11.2. The fourth-order valence-electron chi connectivity index (χ4n) is 5.64. The Morgan fingerprint density at radius 2 is 1.09 bits per heavy atom. The maximum absolute atomic E-state index is 15.0. The lowest BCUT2D eigenvalue weighted by atomic mass is 9.98. The van der Waals surface area contributed by atoms with E-state index in [2.05, 4.69) is 5.32 Å². The van der Waals surface area contributed by atoms with Gasteiger partial charge in [0.1, 0.15) is 6.61 Å². The predicted octanol–water partition coefficient (Wildman–Crippen LogP) is 11.1. The summed E-state index contributed by atoms with van der Waals surface area (Å²) in [6, 6.07) is 32.7. The van der Waals surface area contributed by atoms with Gasteiger partial charge < -0.3 is 20.1 Å². The number of nitrogens with zero attached hydrogens (tertiary/aromatic N) is 1. The first-order chi connectivity index (χ1) is 27.4. The summed E-state index contributed by atoms with van der Waals surface area (Å²) >= 11 is 0. The van der Waals surface area contributed by atoms with Crippen molar-refractivity contribution in [2.45, 2.75) is 19.0 Å². The van der Waals surface area contributed by atoms with E-state index in [4.69, 9.17) is 9.84 Å². The third kappa shape index (κ3) is 10.5. The first-order valence-electron chi connectivity index (χ1n) is 17.2. The number of alkyl halides is 6. The molecule has 7 nitrogen and oxygen atoms in total. The Bertz CT molecular complexity index is 2400. The molecule has 0 radical (unpaired) electrons. The molecule has 58 heavy (non-hydrogen) atoms. The van der Waals surface area contributed by atoms with Crippen LogP contribution in [0.2, 0.25) is 0 Å². The van der Waals surface area contributed by atoms with Gasteiger partial charge in [0.25, 0.3) is 11.8 Å². The summed E-state index contributed by atoms with van der Waals surface area (Å²) in [6.07, 6.45) is -8.89. The number of carbonyl (C=O) groups is 3. The number of benzene rings is 6. The molecule has 14 heteroatoms. The zero-order valence-electron chi connectivity index (χ0n) is 30.7. The first-order valence-corrected chi connectivity index (χ1v) is 17.2. The Kier molecular flexibility index (Phi) is 13.0. The number of hydrogen-bond donors (Lipinski definition) is 2. The summed E-state index contributed by atoms with van der Waals surface area (Å²) in [4.78, 5) is 38.6. The summed E-state index contributed by atoms with van der Waals surface area (Å²) in [5.41, 5.74) is 0.919. The van der Waals surface area contributed by atoms with Crippen LogP contribution in [0.5, 0.6) is 5.75 Å². The average Bonchev–Trinajstić information content (AvgIpc) is 3.20. The molecule has 0 spiro atoms. The molecule has 2 N–H and O–H groups in total. The second-order valence-corrected chi connectivity index (χ2v) is 12.8. The van der Waals surface area contributed by atoms with E-state index < -0.39 is 47.1 Å². The van der Waals surface area contributed by atoms with Crippen LogP contribution in [0.4, 0.5) is 36.4 Å². The van der Waals surface area contributed by atoms with Gasteiger partial charge in [-0.25, -0.2) is 9.18 Å². The zero-order valence-corrected chi connectivity index (χ0v) is 30.7. The van der Waals surface area contributed by atoms with Crippen molar-refractivity contribution in [2.75, 3.05) is 19.4 Å². The van der Waals surface area contributed by atoms with Gasteiger partial charge in [0.2, 0.25) is 0 Å². The van der Waals surface area contributed by atoms with Crippen LogP contribution in [0.25, 0.3) is 22.3 Å². The monoisotopic (exact) mass is 802 g/mol. The minimum absolute atomic E-state index is 0.00447. The number of carboxylic acid groups (broad SMARTS) is 1. The minimum atomic E-state index is -4.49. The molecular formula is C44H33F7N2O5. The molecule has 0 saturated heterocycles. The summed E-state index contributed by atoms with van der Waals surface area (Å²) in [5, 5.41) is 11.6. The van der Waals surface area contributed by atoms with Crippen LogP contribution in [0.15, 0.2) is 140 Å². The summed E-state index contributed by atoms with van der Waals surface area (Å²) < 4.78 is 96.9. The maximum Gasteiger partial charge on any atom is 0.416 e. The van der Waals surface area contributed by atoms with Crippen LogP contribution in [-0.2, 0) is 19.0 Å². The Balaban J connectivity index is 0.000000281. The van der Waals surface area contributed by atoms with Gasteiger partial charge in [0, 0.05) is 25.7 Å². The fraction of sp³-hybridized carbons (Fsp3) is 0.114. The molecule has 0 aliphatic rings. The van der Waals surface area contributed by atoms with E-state index in [0.29, 0.717) is 22.3 Å². The van der Waals surface area contributed by atoms with E-state index in [1.54, 1.807) is 36.4 Å². The van der Waals surface area contributed by atoms with E-state index in [0.717, 1.165) is 35.9 Å². The molecular weight excluding hydrogens is 769 g/mol. The van der Waals surface area contributed by atoms with Crippen LogP contribution in [-0.4, -0.2) is 41.9 Å². The quantitative estimate of drug-likeness (QED) is 0.142. The molecule has 6 rings (SSSR count). The standard InChI is InChI=1S/C30H24F4N2O3.C14H9F3O2/c1-36(2)29(38)24-16-27(39-18-19-8-4-3-5-9-19)25(31)17-26(24)35-28(37)23-11-7-6-10-22(23)20-12-14-21(15-13-20)30(32,33)34;15-14(16,17)10-7-5-9(6-8-10)11-3-1-2-4-12(11)13(18)19/h3-17H,18H2,1-2H3,(H,35,37);1-8H,(H,18,19). The van der Waals surface area contributed by atoms with E-state index in [-0.39, 0.29) is 34.7 Å². The van der Waals surface area contributed by atoms with Crippen LogP contribution < -0.4 is 10.1 Å². The third-order valence-electron chi connectivity index (χ3n) is 8.57. The van der Waals surface area contributed by atoms with Gasteiger partial charge in [-0.1, -0.05) is 91.0 Å². The highest BCUT2D eigenvalue weighted by Crippen LogP contribution is 2.34. The number of carboxylic acids is 1. The van der Waals surface area contributed by atoms with E-state index in [1.807, 2.05) is 30.3 Å². The van der Waals surface area contributed by atoms with Crippen molar-refractivity contribution in [2.24, 2.45) is 0 Å². The molecule has 298 valence electrons. The van der Waals surface area contributed by atoms with Gasteiger partial charge in [0.05, 0.1) is 27.9 Å². The number of carbonyl (C=O) groups excluding carboxylic acids is 2. The molecule has 0 aliphatic heterocycles. The number of aromatic carboxylic acids is 1. The Labute approximate surface area is 328 Å². The highest BCUT2D eigenvalue weighted by Gasteiger charge is 2.31. The van der Waals surface area contributed by atoms with Crippen molar-refractivity contribution in [3.63, 3.8) is 0 Å². The molecule has 0 saturated carbocycles. The molecule has 0 bridgehead atoms. The number of halogens is 7. The van der Waals surface area contributed by atoms with Crippen molar-refractivity contribution in [3.8, 4) is 28.0 Å². The van der Waals surface area contributed by atoms with Crippen molar-refractivity contribution >= 4 is 23.5 Å².